The second-order valence-corrected chi connectivity index (χ2v) is 9.49. The predicted molar refractivity (Wildman–Crippen MR) is 121 cm³/mol. The molecule has 162 valence electrons. The maximum absolute atomic E-state index is 13.4. The third kappa shape index (κ3) is 5.49. The first-order valence-electron chi connectivity index (χ1n) is 9.91. The zero-order valence-electron chi connectivity index (χ0n) is 17.7. The maximum atomic E-state index is 13.4. The molecule has 0 saturated heterocycles. The second-order valence-electron chi connectivity index (χ2n) is 7.63. The topological polar surface area (TPSA) is 66.5 Å². The van der Waals surface area contributed by atoms with Gasteiger partial charge in [-0.05, 0) is 66.9 Å². The number of aryl methyl sites for hydroxylation is 1. The molecule has 0 heterocycles. The van der Waals surface area contributed by atoms with E-state index >= 15 is 0 Å². The number of nitrogens with zero attached hydrogens (tertiary/aromatic N) is 1. The largest absolute Gasteiger partial charge is 0.325 e. The molecule has 3 aromatic carbocycles. The fourth-order valence-corrected chi connectivity index (χ4v) is 4.46. The Hall–Kier alpha value is -3.19. The van der Waals surface area contributed by atoms with Gasteiger partial charge in [-0.2, -0.15) is 0 Å². The molecule has 1 N–H and O–H groups in total. The molecule has 3 aromatic rings. The Balaban J connectivity index is 1.88. The van der Waals surface area contributed by atoms with Gasteiger partial charge in [-0.3, -0.25) is 9.10 Å². The van der Waals surface area contributed by atoms with Gasteiger partial charge in [-0.15, -0.1) is 0 Å². The van der Waals surface area contributed by atoms with Crippen LogP contribution in [0.2, 0.25) is 0 Å². The summed E-state index contributed by atoms with van der Waals surface area (Å²) in [6, 6.07) is 18.8. The Bertz CT molecular complexity index is 1140. The summed E-state index contributed by atoms with van der Waals surface area (Å²) in [5, 5.41) is 2.73. The van der Waals surface area contributed by atoms with Crippen molar-refractivity contribution in [3.8, 4) is 0 Å². The van der Waals surface area contributed by atoms with E-state index in [1.54, 1.807) is 24.3 Å². The molecule has 0 aromatic heterocycles. The SMILES string of the molecule is Cc1ccc(S(=O)(=O)N(CC(=O)Nc2ccc(C(C)C)cc2)c2ccc(F)cc2)cc1. The van der Waals surface area contributed by atoms with Crippen LogP contribution < -0.4 is 9.62 Å². The van der Waals surface area contributed by atoms with Gasteiger partial charge in [0.15, 0.2) is 0 Å². The molecule has 0 atom stereocenters. The Morgan fingerprint density at radius 2 is 1.52 bits per heavy atom. The molecule has 7 heteroatoms. The van der Waals surface area contributed by atoms with Gasteiger partial charge in [-0.25, -0.2) is 12.8 Å². The summed E-state index contributed by atoms with van der Waals surface area (Å²) in [7, 11) is -4.04. The van der Waals surface area contributed by atoms with Gasteiger partial charge >= 0.3 is 0 Å². The normalized spacial score (nSPS) is 11.4. The standard InChI is InChI=1S/C24H25FN2O3S/c1-17(2)19-6-10-21(11-7-19)26-24(28)16-27(22-12-8-20(25)9-13-22)31(29,30)23-14-4-18(3)5-15-23/h4-15,17H,16H2,1-3H3,(H,26,28). The Kier molecular flexibility index (Phi) is 6.75. The minimum Gasteiger partial charge on any atom is -0.325 e. The lowest BCUT2D eigenvalue weighted by Gasteiger charge is -2.24. The van der Waals surface area contributed by atoms with E-state index in [0.717, 1.165) is 27.6 Å². The number of carbonyl (C=O) groups excluding carboxylic acids is 1. The summed E-state index contributed by atoms with van der Waals surface area (Å²) in [6.07, 6.45) is 0. The van der Waals surface area contributed by atoms with Gasteiger partial charge in [0.2, 0.25) is 5.91 Å². The number of rotatable bonds is 7. The number of sulfonamides is 1. The Labute approximate surface area is 182 Å². The minimum absolute atomic E-state index is 0.0523. The minimum atomic E-state index is -4.04. The molecule has 0 aliphatic carbocycles. The number of hydrogen-bond donors (Lipinski definition) is 1. The van der Waals surface area contributed by atoms with E-state index < -0.39 is 28.3 Å². The van der Waals surface area contributed by atoms with E-state index in [4.69, 9.17) is 0 Å². The first kappa shape index (κ1) is 22.5. The molecule has 0 aliphatic heterocycles. The average Bonchev–Trinajstić information content (AvgIpc) is 2.73. The van der Waals surface area contributed by atoms with Crippen LogP contribution in [0.1, 0.15) is 30.9 Å². The summed E-state index contributed by atoms with van der Waals surface area (Å²) >= 11 is 0. The first-order valence-corrected chi connectivity index (χ1v) is 11.4. The third-order valence-electron chi connectivity index (χ3n) is 4.87. The zero-order valence-corrected chi connectivity index (χ0v) is 18.5. The number of carbonyl (C=O) groups is 1. The van der Waals surface area contributed by atoms with Crippen LogP contribution in [0.4, 0.5) is 15.8 Å². The molecular formula is C24H25FN2O3S. The lowest BCUT2D eigenvalue weighted by molar-refractivity contribution is -0.114. The van der Waals surface area contributed by atoms with Crippen LogP contribution >= 0.6 is 0 Å². The number of benzene rings is 3. The Morgan fingerprint density at radius 3 is 2.06 bits per heavy atom. The van der Waals surface area contributed by atoms with Crippen molar-refractivity contribution in [1.29, 1.82) is 0 Å². The first-order chi connectivity index (χ1) is 14.7. The number of amides is 1. The highest BCUT2D eigenvalue weighted by Crippen LogP contribution is 2.25. The monoisotopic (exact) mass is 440 g/mol. The van der Waals surface area contributed by atoms with E-state index in [9.17, 15) is 17.6 Å². The van der Waals surface area contributed by atoms with E-state index in [2.05, 4.69) is 19.2 Å². The van der Waals surface area contributed by atoms with Crippen LogP contribution in [-0.2, 0) is 14.8 Å². The van der Waals surface area contributed by atoms with Crippen LogP contribution in [0.3, 0.4) is 0 Å². The van der Waals surface area contributed by atoms with Crippen molar-refractivity contribution >= 4 is 27.3 Å². The van der Waals surface area contributed by atoms with Crippen molar-refractivity contribution in [1.82, 2.24) is 0 Å². The molecule has 31 heavy (non-hydrogen) atoms. The molecule has 0 bridgehead atoms. The third-order valence-corrected chi connectivity index (χ3v) is 6.66. The molecule has 0 saturated carbocycles. The molecule has 0 unspecified atom stereocenters. The predicted octanol–water partition coefficient (Wildman–Crippen LogP) is 5.09. The maximum Gasteiger partial charge on any atom is 0.264 e. The highest BCUT2D eigenvalue weighted by Gasteiger charge is 2.27. The zero-order chi connectivity index (χ0) is 22.6. The van der Waals surface area contributed by atoms with Crippen molar-refractivity contribution in [3.63, 3.8) is 0 Å². The van der Waals surface area contributed by atoms with Crippen molar-refractivity contribution in [2.75, 3.05) is 16.2 Å². The molecule has 0 fully saturated rings. The fourth-order valence-electron chi connectivity index (χ4n) is 3.04. The number of halogens is 1. The van der Waals surface area contributed by atoms with Gasteiger partial charge < -0.3 is 5.32 Å². The molecule has 3 rings (SSSR count). The van der Waals surface area contributed by atoms with Crippen LogP contribution in [0.15, 0.2) is 77.7 Å². The van der Waals surface area contributed by atoms with E-state index in [1.165, 1.54) is 24.3 Å². The summed E-state index contributed by atoms with van der Waals surface area (Å²) in [5.41, 5.74) is 2.82. The fraction of sp³-hybridized carbons (Fsp3) is 0.208. The Morgan fingerprint density at radius 1 is 0.935 bits per heavy atom. The van der Waals surface area contributed by atoms with Crippen molar-refractivity contribution in [3.05, 3.63) is 89.7 Å². The molecule has 0 aliphatic rings. The van der Waals surface area contributed by atoms with Gasteiger partial charge in [0.1, 0.15) is 12.4 Å². The summed E-state index contributed by atoms with van der Waals surface area (Å²) in [4.78, 5) is 12.8. The van der Waals surface area contributed by atoms with Crippen molar-refractivity contribution in [2.24, 2.45) is 0 Å². The molecule has 0 spiro atoms. The van der Waals surface area contributed by atoms with Crippen LogP contribution in [0.25, 0.3) is 0 Å². The van der Waals surface area contributed by atoms with E-state index in [-0.39, 0.29) is 10.6 Å². The molecular weight excluding hydrogens is 415 g/mol. The second kappa shape index (κ2) is 9.31. The van der Waals surface area contributed by atoms with Gasteiger partial charge in [-0.1, -0.05) is 43.7 Å². The average molecular weight is 441 g/mol. The van der Waals surface area contributed by atoms with Crippen molar-refractivity contribution < 1.29 is 17.6 Å². The molecule has 0 radical (unpaired) electrons. The van der Waals surface area contributed by atoms with Crippen LogP contribution in [0.5, 0.6) is 0 Å². The van der Waals surface area contributed by atoms with Gasteiger partial charge in [0.25, 0.3) is 10.0 Å². The summed E-state index contributed by atoms with van der Waals surface area (Å²) < 4.78 is 41.0. The molecule has 5 nitrogen and oxygen atoms in total. The van der Waals surface area contributed by atoms with Crippen LogP contribution in [-0.4, -0.2) is 20.9 Å². The summed E-state index contributed by atoms with van der Waals surface area (Å²) in [6.45, 7) is 5.55. The lowest BCUT2D eigenvalue weighted by atomic mass is 10.0. The lowest BCUT2D eigenvalue weighted by Crippen LogP contribution is -2.38. The van der Waals surface area contributed by atoms with Gasteiger partial charge in [0.05, 0.1) is 10.6 Å². The highest BCUT2D eigenvalue weighted by molar-refractivity contribution is 7.92. The number of anilines is 2. The van der Waals surface area contributed by atoms with E-state index in [0.29, 0.717) is 11.6 Å². The quantitative estimate of drug-likeness (QED) is 0.556. The van der Waals surface area contributed by atoms with Crippen LogP contribution in [0, 0.1) is 12.7 Å². The number of nitrogens with one attached hydrogen (secondary N) is 1. The summed E-state index contributed by atoms with van der Waals surface area (Å²) in [5.74, 6) is -0.637. The molecule has 1 amide bonds. The number of hydrogen-bond acceptors (Lipinski definition) is 3. The van der Waals surface area contributed by atoms with Crippen molar-refractivity contribution in [2.45, 2.75) is 31.6 Å². The van der Waals surface area contributed by atoms with Gasteiger partial charge in [0, 0.05) is 5.69 Å². The smallest absolute Gasteiger partial charge is 0.264 e. The van der Waals surface area contributed by atoms with E-state index in [1.807, 2.05) is 19.1 Å². The highest BCUT2D eigenvalue weighted by atomic mass is 32.2.